The molecule has 2 saturated heterocycles. The van der Waals surface area contributed by atoms with Crippen molar-refractivity contribution in [1.82, 2.24) is 23.8 Å². The molecule has 3 aliphatic heterocycles. The second kappa shape index (κ2) is 7.58. The molecular weight excluding hydrogens is 390 g/mol. The van der Waals surface area contributed by atoms with E-state index in [-0.39, 0.29) is 11.7 Å². The third-order valence-corrected chi connectivity index (χ3v) is 7.28. The molecule has 0 aliphatic carbocycles. The van der Waals surface area contributed by atoms with Gasteiger partial charge in [-0.1, -0.05) is 12.1 Å². The van der Waals surface area contributed by atoms with Crippen LogP contribution in [0.2, 0.25) is 0 Å². The minimum atomic E-state index is -0.251. The van der Waals surface area contributed by atoms with Crippen molar-refractivity contribution >= 4 is 5.65 Å². The van der Waals surface area contributed by atoms with Crippen LogP contribution in [0.15, 0.2) is 47.5 Å². The van der Waals surface area contributed by atoms with Crippen LogP contribution < -0.4 is 5.56 Å². The number of aliphatic hydroxyl groups excluding tert-OH is 1. The topological polar surface area (TPSA) is 66.0 Å². The molecule has 31 heavy (non-hydrogen) atoms. The van der Waals surface area contributed by atoms with Crippen LogP contribution in [0.25, 0.3) is 5.65 Å². The Morgan fingerprint density at radius 1 is 1.03 bits per heavy atom. The largest absolute Gasteiger partial charge is 0.392 e. The molecule has 6 rings (SSSR count). The van der Waals surface area contributed by atoms with E-state index in [0.29, 0.717) is 24.9 Å². The average Bonchev–Trinajstić information content (AvgIpc) is 3.36. The molecule has 7 nitrogen and oxygen atoms in total. The molecule has 3 atom stereocenters. The zero-order chi connectivity index (χ0) is 20.9. The van der Waals surface area contributed by atoms with Gasteiger partial charge >= 0.3 is 0 Å². The molecule has 0 radical (unpaired) electrons. The maximum absolute atomic E-state index is 13.2. The van der Waals surface area contributed by atoms with Crippen molar-refractivity contribution < 1.29 is 5.11 Å². The third kappa shape index (κ3) is 3.50. The summed E-state index contributed by atoms with van der Waals surface area (Å²) >= 11 is 0. The van der Waals surface area contributed by atoms with E-state index >= 15 is 0 Å². The van der Waals surface area contributed by atoms with Gasteiger partial charge in [-0.05, 0) is 37.0 Å². The smallest absolute Gasteiger partial charge is 0.255 e. The fraction of sp³-hybridized carbons (Fsp3) is 0.500. The fourth-order valence-corrected chi connectivity index (χ4v) is 5.87. The minimum absolute atomic E-state index is 0.170. The van der Waals surface area contributed by atoms with Crippen LogP contribution in [0, 0.1) is 5.92 Å². The summed E-state index contributed by atoms with van der Waals surface area (Å²) in [5.41, 5.74) is 4.43. The number of fused-ring (bicyclic) bond motifs is 5. The first-order valence-electron chi connectivity index (χ1n) is 11.4. The number of hydrogen-bond donors (Lipinski definition) is 1. The molecule has 0 amide bonds. The Hall–Kier alpha value is -2.48. The normalized spacial score (nSPS) is 26.4. The van der Waals surface area contributed by atoms with Gasteiger partial charge in [-0.3, -0.25) is 14.6 Å². The predicted molar refractivity (Wildman–Crippen MR) is 118 cm³/mol. The monoisotopic (exact) mass is 419 g/mol. The summed E-state index contributed by atoms with van der Waals surface area (Å²) in [7, 11) is 0. The highest BCUT2D eigenvalue weighted by molar-refractivity contribution is 5.39. The molecule has 3 aliphatic rings. The van der Waals surface area contributed by atoms with E-state index in [1.807, 2.05) is 35.0 Å². The predicted octanol–water partition coefficient (Wildman–Crippen LogP) is 1.68. The minimum Gasteiger partial charge on any atom is -0.392 e. The molecule has 0 unspecified atom stereocenters. The van der Waals surface area contributed by atoms with Crippen LogP contribution in [0.4, 0.5) is 0 Å². The molecule has 7 heteroatoms. The molecule has 0 saturated carbocycles. The Bertz CT molecular complexity index is 1170. The molecule has 0 spiro atoms. The van der Waals surface area contributed by atoms with E-state index < -0.39 is 0 Å². The summed E-state index contributed by atoms with van der Waals surface area (Å²) in [6.45, 7) is 5.88. The van der Waals surface area contributed by atoms with Crippen LogP contribution in [0.5, 0.6) is 0 Å². The molecule has 2 fully saturated rings. The number of aliphatic hydroxyl groups is 1. The van der Waals surface area contributed by atoms with Crippen LogP contribution in [-0.2, 0) is 19.6 Å². The van der Waals surface area contributed by atoms with Gasteiger partial charge in [0.1, 0.15) is 5.65 Å². The van der Waals surface area contributed by atoms with E-state index in [4.69, 9.17) is 0 Å². The van der Waals surface area contributed by atoms with Crippen LogP contribution >= 0.6 is 0 Å². The molecule has 3 aromatic heterocycles. The highest BCUT2D eigenvalue weighted by atomic mass is 16.3. The van der Waals surface area contributed by atoms with Crippen molar-refractivity contribution in [2.75, 3.05) is 26.2 Å². The first-order chi connectivity index (χ1) is 15.1. The lowest BCUT2D eigenvalue weighted by Crippen LogP contribution is -2.47. The van der Waals surface area contributed by atoms with E-state index in [1.165, 1.54) is 17.8 Å². The van der Waals surface area contributed by atoms with Gasteiger partial charge in [-0.2, -0.15) is 0 Å². The van der Waals surface area contributed by atoms with Gasteiger partial charge in [-0.15, -0.1) is 0 Å². The lowest BCUT2D eigenvalue weighted by molar-refractivity contribution is 0.112. The number of imidazole rings is 1. The average molecular weight is 420 g/mol. The Morgan fingerprint density at radius 2 is 1.97 bits per heavy atom. The Morgan fingerprint density at radius 3 is 2.84 bits per heavy atom. The van der Waals surface area contributed by atoms with E-state index in [1.54, 1.807) is 0 Å². The standard InChI is InChI=1S/C24H29N5O2/c30-21-6-8-26(16-21)13-18-4-5-22-19-9-17(12-29(22)24(18)31)11-27(14-19)15-20-10-25-23-3-1-2-7-28(20)23/h1-5,7,10,17,19,21,30H,6,8-9,11-16H2/t17-,19+,21+/m0/s1. The number of β-amino-alcohol motifs (C(OH)–C–C–N with tert-alkyl or cyclic N) is 1. The third-order valence-electron chi connectivity index (χ3n) is 7.28. The van der Waals surface area contributed by atoms with Gasteiger partial charge in [0.2, 0.25) is 0 Å². The summed E-state index contributed by atoms with van der Waals surface area (Å²) < 4.78 is 4.22. The second-order valence-electron chi connectivity index (χ2n) is 9.55. The van der Waals surface area contributed by atoms with E-state index in [0.717, 1.165) is 50.4 Å². The first-order valence-corrected chi connectivity index (χ1v) is 11.4. The number of hydrogen-bond acceptors (Lipinski definition) is 5. The van der Waals surface area contributed by atoms with E-state index in [9.17, 15) is 9.90 Å². The Kier molecular flexibility index (Phi) is 4.70. The Labute approximate surface area is 181 Å². The first kappa shape index (κ1) is 19.2. The number of pyridine rings is 2. The number of aromatic nitrogens is 3. The van der Waals surface area contributed by atoms with Gasteiger partial charge < -0.3 is 14.1 Å². The lowest BCUT2D eigenvalue weighted by Gasteiger charge is -2.43. The molecule has 6 heterocycles. The second-order valence-corrected chi connectivity index (χ2v) is 9.55. The zero-order valence-corrected chi connectivity index (χ0v) is 17.7. The van der Waals surface area contributed by atoms with Gasteiger partial charge in [0.05, 0.1) is 18.0 Å². The van der Waals surface area contributed by atoms with Gasteiger partial charge in [0.15, 0.2) is 0 Å². The van der Waals surface area contributed by atoms with Crippen molar-refractivity contribution in [2.24, 2.45) is 5.92 Å². The van der Waals surface area contributed by atoms with Crippen LogP contribution in [-0.4, -0.2) is 61.1 Å². The van der Waals surface area contributed by atoms with Crippen LogP contribution in [0.1, 0.15) is 35.7 Å². The maximum atomic E-state index is 13.2. The van der Waals surface area contributed by atoms with Crippen molar-refractivity contribution in [3.63, 3.8) is 0 Å². The van der Waals surface area contributed by atoms with E-state index in [2.05, 4.69) is 31.4 Å². The summed E-state index contributed by atoms with van der Waals surface area (Å²) in [6, 6.07) is 10.3. The van der Waals surface area contributed by atoms with Crippen molar-refractivity contribution in [1.29, 1.82) is 0 Å². The van der Waals surface area contributed by atoms with Crippen molar-refractivity contribution in [3.8, 4) is 0 Å². The lowest BCUT2D eigenvalue weighted by atomic mass is 9.83. The Balaban J connectivity index is 1.22. The highest BCUT2D eigenvalue weighted by Gasteiger charge is 2.35. The number of rotatable bonds is 4. The summed E-state index contributed by atoms with van der Waals surface area (Å²) in [5, 5.41) is 9.79. The number of piperidine rings is 1. The molecule has 1 N–H and O–H groups in total. The highest BCUT2D eigenvalue weighted by Crippen LogP contribution is 2.35. The fourth-order valence-electron chi connectivity index (χ4n) is 5.87. The summed E-state index contributed by atoms with van der Waals surface area (Å²) in [6.07, 6.45) is 5.79. The molecule has 0 aromatic carbocycles. The summed E-state index contributed by atoms with van der Waals surface area (Å²) in [5.74, 6) is 0.911. The van der Waals surface area contributed by atoms with Gasteiger partial charge in [-0.25, -0.2) is 4.98 Å². The number of likely N-dealkylation sites (tertiary alicyclic amines) is 2. The quantitative estimate of drug-likeness (QED) is 0.697. The SMILES string of the molecule is O=c1c(CN2CC[C@@H](O)C2)ccc2n1C[C@H]1C[C@@H]2CN(Cc2cnc3ccccn23)C1. The zero-order valence-electron chi connectivity index (χ0n) is 17.7. The molecule has 2 bridgehead atoms. The van der Waals surface area contributed by atoms with Gasteiger partial charge in [0, 0.05) is 69.2 Å². The van der Waals surface area contributed by atoms with Crippen LogP contribution in [0.3, 0.4) is 0 Å². The molecule has 3 aromatic rings. The maximum Gasteiger partial charge on any atom is 0.255 e. The van der Waals surface area contributed by atoms with Crippen molar-refractivity contribution in [2.45, 2.75) is 44.5 Å². The number of nitrogens with zero attached hydrogens (tertiary/aromatic N) is 5. The summed E-state index contributed by atoms with van der Waals surface area (Å²) in [4.78, 5) is 22.5. The molecular formula is C24H29N5O2. The molecule has 162 valence electrons. The van der Waals surface area contributed by atoms with Crippen molar-refractivity contribution in [3.05, 3.63) is 70.0 Å². The van der Waals surface area contributed by atoms with Gasteiger partial charge in [0.25, 0.3) is 5.56 Å².